The lowest BCUT2D eigenvalue weighted by atomic mass is 10.2. The smallest absolute Gasteiger partial charge is 0.410 e. The fraction of sp³-hybridized carbons (Fsp3) is 0.818. The molecule has 1 amide bonds. The first-order chi connectivity index (χ1) is 8.14. The van der Waals surface area contributed by atoms with Gasteiger partial charge in [-0.25, -0.2) is 13.2 Å². The van der Waals surface area contributed by atoms with Gasteiger partial charge >= 0.3 is 6.09 Å². The Labute approximate surface area is 107 Å². The van der Waals surface area contributed by atoms with Crippen LogP contribution in [0.15, 0.2) is 0 Å². The van der Waals surface area contributed by atoms with Gasteiger partial charge < -0.3 is 9.64 Å². The highest BCUT2D eigenvalue weighted by atomic mass is 32.2. The first-order valence-corrected chi connectivity index (χ1v) is 7.54. The van der Waals surface area contributed by atoms with Crippen molar-refractivity contribution in [2.45, 2.75) is 38.8 Å². The van der Waals surface area contributed by atoms with Crippen LogP contribution in [0.5, 0.6) is 0 Å². The number of rotatable bonds is 1. The fourth-order valence-corrected chi connectivity index (χ4v) is 3.25. The van der Waals surface area contributed by atoms with Crippen molar-refractivity contribution in [1.29, 1.82) is 5.26 Å². The molecular formula is C11H18N2O4S. The van der Waals surface area contributed by atoms with Gasteiger partial charge in [-0.1, -0.05) is 0 Å². The summed E-state index contributed by atoms with van der Waals surface area (Å²) >= 11 is 0. The minimum absolute atomic E-state index is 0.00152. The zero-order valence-electron chi connectivity index (χ0n) is 10.8. The van der Waals surface area contributed by atoms with Gasteiger partial charge in [0.05, 0.1) is 30.0 Å². The quantitative estimate of drug-likeness (QED) is 0.710. The Bertz CT molecular complexity index is 458. The minimum Gasteiger partial charge on any atom is -0.444 e. The van der Waals surface area contributed by atoms with Crippen molar-refractivity contribution in [3.05, 3.63) is 0 Å². The standard InChI is InChI=1S/C11H18N2O4S/c1-11(2,3)17-10(14)13-6-7-18(15,16)8-9(13)4-5-12/h9H,4,6-8H2,1-3H3. The Kier molecular flexibility index (Phi) is 4.22. The van der Waals surface area contributed by atoms with Crippen LogP contribution in [0.1, 0.15) is 27.2 Å². The van der Waals surface area contributed by atoms with E-state index < -0.39 is 27.6 Å². The third kappa shape index (κ3) is 4.18. The summed E-state index contributed by atoms with van der Waals surface area (Å²) in [6, 6.07) is 1.30. The molecule has 18 heavy (non-hydrogen) atoms. The molecule has 0 bridgehead atoms. The van der Waals surface area contributed by atoms with Crippen molar-refractivity contribution in [2.24, 2.45) is 0 Å². The maximum absolute atomic E-state index is 11.9. The molecule has 0 aliphatic carbocycles. The first-order valence-electron chi connectivity index (χ1n) is 5.71. The lowest BCUT2D eigenvalue weighted by molar-refractivity contribution is 0.0188. The van der Waals surface area contributed by atoms with E-state index in [1.807, 2.05) is 6.07 Å². The topological polar surface area (TPSA) is 87.5 Å². The Balaban J connectivity index is 2.81. The highest BCUT2D eigenvalue weighted by Gasteiger charge is 2.36. The van der Waals surface area contributed by atoms with Crippen molar-refractivity contribution in [1.82, 2.24) is 4.90 Å². The molecule has 1 aliphatic heterocycles. The van der Waals surface area contributed by atoms with E-state index in [0.717, 1.165) is 0 Å². The molecule has 1 atom stereocenters. The first kappa shape index (κ1) is 14.8. The summed E-state index contributed by atoms with van der Waals surface area (Å²) in [5, 5.41) is 8.70. The fourth-order valence-electron chi connectivity index (χ4n) is 1.72. The SMILES string of the molecule is CC(C)(C)OC(=O)N1CCS(=O)(=O)CC1CC#N. The van der Waals surface area contributed by atoms with Crippen LogP contribution in [-0.2, 0) is 14.6 Å². The number of hydrogen-bond donors (Lipinski definition) is 0. The van der Waals surface area contributed by atoms with Crippen LogP contribution < -0.4 is 0 Å². The molecule has 6 nitrogen and oxygen atoms in total. The molecular weight excluding hydrogens is 256 g/mol. The number of nitriles is 1. The Hall–Kier alpha value is -1.29. The highest BCUT2D eigenvalue weighted by Crippen LogP contribution is 2.18. The molecule has 0 aromatic rings. The summed E-state index contributed by atoms with van der Waals surface area (Å²) in [6.45, 7) is 5.31. The predicted molar refractivity (Wildman–Crippen MR) is 65.6 cm³/mol. The van der Waals surface area contributed by atoms with Gasteiger partial charge in [0.1, 0.15) is 5.60 Å². The van der Waals surface area contributed by atoms with Gasteiger partial charge in [0.25, 0.3) is 0 Å². The Morgan fingerprint density at radius 2 is 2.11 bits per heavy atom. The van der Waals surface area contributed by atoms with Gasteiger partial charge in [-0.3, -0.25) is 0 Å². The monoisotopic (exact) mass is 274 g/mol. The second-order valence-electron chi connectivity index (χ2n) is 5.30. The summed E-state index contributed by atoms with van der Waals surface area (Å²) in [5.41, 5.74) is -0.634. The van der Waals surface area contributed by atoms with Gasteiger partial charge in [-0.15, -0.1) is 0 Å². The number of amides is 1. The van der Waals surface area contributed by atoms with Crippen LogP contribution in [0, 0.1) is 11.3 Å². The van der Waals surface area contributed by atoms with Crippen molar-refractivity contribution in [2.75, 3.05) is 18.1 Å². The molecule has 0 aromatic heterocycles. The lowest BCUT2D eigenvalue weighted by Gasteiger charge is -2.35. The van der Waals surface area contributed by atoms with E-state index in [1.54, 1.807) is 20.8 Å². The highest BCUT2D eigenvalue weighted by molar-refractivity contribution is 7.91. The molecule has 0 N–H and O–H groups in total. The predicted octanol–water partition coefficient (Wildman–Crippen LogP) is 0.934. The van der Waals surface area contributed by atoms with Crippen LogP contribution in [0.3, 0.4) is 0 Å². The molecule has 1 saturated heterocycles. The molecule has 1 fully saturated rings. The van der Waals surface area contributed by atoms with E-state index in [9.17, 15) is 13.2 Å². The third-order valence-electron chi connectivity index (χ3n) is 2.49. The van der Waals surface area contributed by atoms with Gasteiger partial charge in [0.15, 0.2) is 9.84 Å². The van der Waals surface area contributed by atoms with Gasteiger partial charge in [0.2, 0.25) is 0 Å². The third-order valence-corrected chi connectivity index (χ3v) is 4.18. The zero-order chi connectivity index (χ0) is 14.0. The average molecular weight is 274 g/mol. The maximum atomic E-state index is 11.9. The van der Waals surface area contributed by atoms with E-state index in [4.69, 9.17) is 10.00 Å². The van der Waals surface area contributed by atoms with Crippen LogP contribution >= 0.6 is 0 Å². The minimum atomic E-state index is -3.16. The van der Waals surface area contributed by atoms with Gasteiger partial charge in [0, 0.05) is 6.54 Å². The molecule has 1 aliphatic rings. The molecule has 1 unspecified atom stereocenters. The summed E-state index contributed by atoms with van der Waals surface area (Å²) in [6.07, 6.45) is -0.559. The number of sulfone groups is 1. The molecule has 102 valence electrons. The molecule has 0 aromatic carbocycles. The summed E-state index contributed by atoms with van der Waals surface area (Å²) in [7, 11) is -3.16. The zero-order valence-corrected chi connectivity index (χ0v) is 11.7. The van der Waals surface area contributed by atoms with E-state index in [1.165, 1.54) is 4.90 Å². The van der Waals surface area contributed by atoms with Crippen LogP contribution in [0.4, 0.5) is 4.79 Å². The molecule has 1 rings (SSSR count). The maximum Gasteiger partial charge on any atom is 0.410 e. The van der Waals surface area contributed by atoms with E-state index in [2.05, 4.69) is 0 Å². The van der Waals surface area contributed by atoms with Crippen molar-refractivity contribution in [3.63, 3.8) is 0 Å². The van der Waals surface area contributed by atoms with Gasteiger partial charge in [-0.05, 0) is 20.8 Å². The van der Waals surface area contributed by atoms with Crippen LogP contribution in [0.2, 0.25) is 0 Å². The van der Waals surface area contributed by atoms with E-state index in [-0.39, 0.29) is 24.5 Å². The van der Waals surface area contributed by atoms with E-state index >= 15 is 0 Å². The normalized spacial score (nSPS) is 23.2. The molecule has 0 spiro atoms. The lowest BCUT2D eigenvalue weighted by Crippen LogP contribution is -2.52. The number of carbonyl (C=O) groups excluding carboxylic acids is 1. The second-order valence-corrected chi connectivity index (χ2v) is 7.53. The molecule has 7 heteroatoms. The molecule has 0 radical (unpaired) electrons. The van der Waals surface area contributed by atoms with Crippen LogP contribution in [0.25, 0.3) is 0 Å². The summed E-state index contributed by atoms with van der Waals surface area (Å²) in [5.74, 6) is -0.242. The largest absolute Gasteiger partial charge is 0.444 e. The second kappa shape index (κ2) is 5.14. The number of hydrogen-bond acceptors (Lipinski definition) is 5. The molecule has 1 heterocycles. The molecule has 0 saturated carbocycles. The number of carbonyl (C=O) groups is 1. The Morgan fingerprint density at radius 3 is 2.61 bits per heavy atom. The summed E-state index contributed by atoms with van der Waals surface area (Å²) in [4.78, 5) is 13.3. The number of ether oxygens (including phenoxy) is 1. The number of nitrogens with zero attached hydrogens (tertiary/aromatic N) is 2. The van der Waals surface area contributed by atoms with Crippen molar-refractivity contribution >= 4 is 15.9 Å². The van der Waals surface area contributed by atoms with E-state index in [0.29, 0.717) is 0 Å². The summed E-state index contributed by atoms with van der Waals surface area (Å²) < 4.78 is 28.2. The van der Waals surface area contributed by atoms with Gasteiger partial charge in [-0.2, -0.15) is 5.26 Å². The van der Waals surface area contributed by atoms with Crippen LogP contribution in [-0.4, -0.2) is 49.1 Å². The van der Waals surface area contributed by atoms with Crippen molar-refractivity contribution in [3.8, 4) is 6.07 Å². The average Bonchev–Trinajstić information content (AvgIpc) is 2.13. The van der Waals surface area contributed by atoms with Crippen molar-refractivity contribution < 1.29 is 17.9 Å². The Morgan fingerprint density at radius 1 is 1.50 bits per heavy atom.